The van der Waals surface area contributed by atoms with Crippen LogP contribution in [0.25, 0.3) is 60.9 Å². The zero-order chi connectivity index (χ0) is 51.1. The van der Waals surface area contributed by atoms with Gasteiger partial charge in [-0.05, 0) is 163 Å². The van der Waals surface area contributed by atoms with Crippen LogP contribution in [0.2, 0.25) is 0 Å². The lowest BCUT2D eigenvalue weighted by atomic mass is 9.67. The van der Waals surface area contributed by atoms with Crippen LogP contribution >= 0.6 is 23.5 Å². The van der Waals surface area contributed by atoms with Crippen LogP contribution in [0.15, 0.2) is 299 Å². The van der Waals surface area contributed by atoms with Crippen LogP contribution in [0, 0.1) is 0 Å². The van der Waals surface area contributed by atoms with Gasteiger partial charge in [-0.1, -0.05) is 218 Å². The van der Waals surface area contributed by atoms with Gasteiger partial charge in [-0.15, -0.1) is 0 Å². The fourth-order valence-corrected chi connectivity index (χ4v) is 16.6. The smallest absolute Gasteiger partial charge is 0.0736 e. The quantitative estimate of drug-likeness (QED) is 0.170. The maximum absolute atomic E-state index is 2.53. The fraction of sp³-hybridized carbons (Fsp3) is 0.0270. The molecule has 13 aromatic rings. The number of anilines is 3. The van der Waals surface area contributed by atoms with Crippen LogP contribution in [0.1, 0.15) is 44.5 Å². The molecule has 2 spiro atoms. The molecule has 4 heteroatoms. The highest BCUT2D eigenvalue weighted by molar-refractivity contribution is 7.99. The van der Waals surface area contributed by atoms with Gasteiger partial charge < -0.3 is 9.47 Å². The summed E-state index contributed by atoms with van der Waals surface area (Å²) < 4.78 is 2.42. The number of benzene rings is 12. The van der Waals surface area contributed by atoms with E-state index >= 15 is 0 Å². The van der Waals surface area contributed by atoms with Gasteiger partial charge in [0.15, 0.2) is 0 Å². The molecule has 0 N–H and O–H groups in total. The number of hydrogen-bond donors (Lipinski definition) is 0. The van der Waals surface area contributed by atoms with E-state index in [1.807, 2.05) is 23.5 Å². The molecule has 0 unspecified atom stereocenters. The van der Waals surface area contributed by atoms with Crippen molar-refractivity contribution in [2.45, 2.75) is 30.4 Å². The van der Waals surface area contributed by atoms with Crippen LogP contribution in [0.4, 0.5) is 17.1 Å². The van der Waals surface area contributed by atoms with E-state index in [1.54, 1.807) is 0 Å². The topological polar surface area (TPSA) is 8.17 Å². The number of rotatable bonds is 5. The van der Waals surface area contributed by atoms with Crippen molar-refractivity contribution in [2.75, 3.05) is 4.90 Å². The average molecular weight is 1030 g/mol. The normalized spacial score (nSPS) is 14.3. The Balaban J connectivity index is 0.914. The van der Waals surface area contributed by atoms with Gasteiger partial charge in [-0.3, -0.25) is 0 Å². The van der Waals surface area contributed by atoms with E-state index in [0.717, 1.165) is 33.9 Å². The van der Waals surface area contributed by atoms with Gasteiger partial charge in [0, 0.05) is 53.1 Å². The molecular formula is C74H46N2S2. The molecule has 12 aromatic carbocycles. The molecule has 0 fully saturated rings. The molecule has 4 aliphatic rings. The molecule has 3 heterocycles. The van der Waals surface area contributed by atoms with E-state index in [2.05, 4.69) is 289 Å². The first-order chi connectivity index (χ1) is 38.7. The van der Waals surface area contributed by atoms with E-state index in [-0.39, 0.29) is 0 Å². The summed E-state index contributed by atoms with van der Waals surface area (Å²) in [5.41, 5.74) is 23.9. The SMILES string of the molecule is c1ccc(-n2c3ccccc3c3ccc(-c4cccc(N(c5ccc6c(c5)-c5ccccc5C65c6ccccc6Sc6ccccc65)c5ccc6c(c5)C5(c7ccccc7Sc7ccccc75)c5ccccc5-6)c4)cc32)cc1. The maximum Gasteiger partial charge on any atom is 0.0736 e. The molecule has 17 rings (SSSR count). The van der Waals surface area contributed by atoms with Crippen molar-refractivity contribution in [2.24, 2.45) is 0 Å². The van der Waals surface area contributed by atoms with Crippen molar-refractivity contribution in [3.63, 3.8) is 0 Å². The molecule has 2 aliphatic carbocycles. The van der Waals surface area contributed by atoms with Crippen molar-refractivity contribution in [3.8, 4) is 39.1 Å². The Morgan fingerprint density at radius 3 is 1.38 bits per heavy atom. The van der Waals surface area contributed by atoms with E-state index in [0.29, 0.717) is 0 Å². The predicted molar refractivity (Wildman–Crippen MR) is 324 cm³/mol. The molecule has 2 nitrogen and oxygen atoms in total. The standard InChI is InChI=1S/C74H46N2S2/c1-2-20-49(21-3-1)76-67-32-13-6-25-56(67)57-40-37-48(44-68(57)76)47-19-18-22-50(43-47)75(51-39-42-61-58(45-51)54-24-5-8-27-60(54)73(61)62-28-9-14-33-69(62)77-70-34-15-10-29-63(70)73)52-38-41-55-53-23-4-7-26-59(53)74(66(55)46-52)64-30-11-16-35-71(64)78-72-36-17-12-31-65(72)74/h1-46H. The molecule has 2 aliphatic heterocycles. The Labute approximate surface area is 461 Å². The first kappa shape index (κ1) is 44.1. The first-order valence-electron chi connectivity index (χ1n) is 26.9. The summed E-state index contributed by atoms with van der Waals surface area (Å²) in [6.07, 6.45) is 0. The van der Waals surface area contributed by atoms with Crippen LogP contribution in [0.5, 0.6) is 0 Å². The molecule has 364 valence electrons. The highest BCUT2D eigenvalue weighted by Gasteiger charge is 2.52. The molecule has 78 heavy (non-hydrogen) atoms. The molecule has 0 saturated carbocycles. The van der Waals surface area contributed by atoms with Gasteiger partial charge in [0.05, 0.1) is 21.9 Å². The minimum atomic E-state index is -0.524. The Kier molecular flexibility index (Phi) is 9.45. The number of hydrogen-bond acceptors (Lipinski definition) is 3. The number of para-hydroxylation sites is 2. The fourth-order valence-electron chi connectivity index (χ4n) is 14.2. The minimum absolute atomic E-state index is 0.472. The third kappa shape index (κ3) is 5.96. The summed E-state index contributed by atoms with van der Waals surface area (Å²) in [7, 11) is 0. The largest absolute Gasteiger partial charge is 0.310 e. The zero-order valence-corrected chi connectivity index (χ0v) is 43.9. The Hall–Kier alpha value is -9.06. The van der Waals surface area contributed by atoms with Crippen LogP contribution < -0.4 is 4.90 Å². The van der Waals surface area contributed by atoms with Gasteiger partial charge in [0.1, 0.15) is 0 Å². The summed E-state index contributed by atoms with van der Waals surface area (Å²) in [5.74, 6) is 0. The van der Waals surface area contributed by atoms with Crippen LogP contribution in [0.3, 0.4) is 0 Å². The Morgan fingerprint density at radius 2 is 0.731 bits per heavy atom. The van der Waals surface area contributed by atoms with Gasteiger partial charge in [-0.2, -0.15) is 0 Å². The lowest BCUT2D eigenvalue weighted by Crippen LogP contribution is -2.32. The number of fused-ring (bicyclic) bond motifs is 21. The number of nitrogens with zero attached hydrogens (tertiary/aromatic N) is 2. The van der Waals surface area contributed by atoms with Crippen molar-refractivity contribution in [1.29, 1.82) is 0 Å². The van der Waals surface area contributed by atoms with Crippen molar-refractivity contribution >= 4 is 62.4 Å². The lowest BCUT2D eigenvalue weighted by molar-refractivity contribution is 0.722. The molecule has 0 amide bonds. The van der Waals surface area contributed by atoms with E-state index in [9.17, 15) is 0 Å². The Morgan fingerprint density at radius 1 is 0.269 bits per heavy atom. The van der Waals surface area contributed by atoms with Gasteiger partial charge in [-0.25, -0.2) is 0 Å². The van der Waals surface area contributed by atoms with Crippen molar-refractivity contribution in [3.05, 3.63) is 324 Å². The van der Waals surface area contributed by atoms with E-state index < -0.39 is 10.8 Å². The van der Waals surface area contributed by atoms with E-state index in [1.165, 1.54) is 108 Å². The van der Waals surface area contributed by atoms with E-state index in [4.69, 9.17) is 0 Å². The second-order valence-corrected chi connectivity index (χ2v) is 23.2. The lowest BCUT2D eigenvalue weighted by Gasteiger charge is -2.40. The summed E-state index contributed by atoms with van der Waals surface area (Å²) >= 11 is 3.78. The number of aromatic nitrogens is 1. The molecule has 1 aromatic heterocycles. The average Bonchev–Trinajstić information content (AvgIpc) is 3.51. The highest BCUT2D eigenvalue weighted by Crippen LogP contribution is 2.65. The molecule has 0 saturated heterocycles. The summed E-state index contributed by atoms with van der Waals surface area (Å²) in [4.78, 5) is 7.74. The first-order valence-corrected chi connectivity index (χ1v) is 28.5. The second-order valence-electron chi connectivity index (χ2n) is 21.0. The molecule has 0 radical (unpaired) electrons. The van der Waals surface area contributed by atoms with Crippen molar-refractivity contribution < 1.29 is 0 Å². The van der Waals surface area contributed by atoms with Gasteiger partial charge >= 0.3 is 0 Å². The minimum Gasteiger partial charge on any atom is -0.310 e. The maximum atomic E-state index is 2.53. The molecular weight excluding hydrogens is 981 g/mol. The second kappa shape index (κ2) is 16.7. The highest BCUT2D eigenvalue weighted by atomic mass is 32.2. The monoisotopic (exact) mass is 1030 g/mol. The predicted octanol–water partition coefficient (Wildman–Crippen LogP) is 19.6. The summed E-state index contributed by atoms with van der Waals surface area (Å²) in [6, 6.07) is 105. The van der Waals surface area contributed by atoms with Crippen molar-refractivity contribution in [1.82, 2.24) is 4.57 Å². The molecule has 0 bridgehead atoms. The molecule has 0 atom stereocenters. The third-order valence-corrected chi connectivity index (χ3v) is 19.6. The van der Waals surface area contributed by atoms with Gasteiger partial charge in [0.25, 0.3) is 0 Å². The van der Waals surface area contributed by atoms with Crippen LogP contribution in [-0.4, -0.2) is 4.57 Å². The summed E-state index contributed by atoms with van der Waals surface area (Å²) in [6.45, 7) is 0. The van der Waals surface area contributed by atoms with Gasteiger partial charge in [0.2, 0.25) is 0 Å². The zero-order valence-electron chi connectivity index (χ0n) is 42.3. The van der Waals surface area contributed by atoms with Crippen LogP contribution in [-0.2, 0) is 10.8 Å². The summed E-state index contributed by atoms with van der Waals surface area (Å²) in [5, 5.41) is 2.49. The third-order valence-electron chi connectivity index (χ3n) is 17.3. The Bertz CT molecular complexity index is 4570.